The molecule has 2 rings (SSSR count). The van der Waals surface area contributed by atoms with E-state index < -0.39 is 27.1 Å². The summed E-state index contributed by atoms with van der Waals surface area (Å²) in [6, 6.07) is 4.99. The highest BCUT2D eigenvalue weighted by Crippen LogP contribution is 2.32. The highest BCUT2D eigenvalue weighted by atomic mass is 35.5. The summed E-state index contributed by atoms with van der Waals surface area (Å²) in [7, 11) is -3.27. The van der Waals surface area contributed by atoms with E-state index in [-0.39, 0.29) is 12.3 Å². The molecule has 1 aromatic carbocycles. The molecule has 1 heterocycles. The first kappa shape index (κ1) is 17.0. The molecule has 3 unspecified atom stereocenters. The lowest BCUT2D eigenvalue weighted by atomic mass is 9.90. The summed E-state index contributed by atoms with van der Waals surface area (Å²) in [6.45, 7) is 0.144. The summed E-state index contributed by atoms with van der Waals surface area (Å²) >= 11 is 11.9. The van der Waals surface area contributed by atoms with E-state index in [0.717, 1.165) is 6.42 Å². The maximum Gasteiger partial charge on any atom is 0.155 e. The van der Waals surface area contributed by atoms with Gasteiger partial charge in [-0.2, -0.15) is 0 Å². The van der Waals surface area contributed by atoms with Crippen molar-refractivity contribution in [1.29, 1.82) is 0 Å². The van der Waals surface area contributed by atoms with Gasteiger partial charge in [0.2, 0.25) is 0 Å². The minimum atomic E-state index is -3.27. The fraction of sp³-hybridized carbons (Fsp3) is 0.571. The van der Waals surface area contributed by atoms with Crippen molar-refractivity contribution in [3.05, 3.63) is 33.8 Å². The Morgan fingerprint density at radius 2 is 2.00 bits per heavy atom. The average molecular weight is 352 g/mol. The topological polar surface area (TPSA) is 80.4 Å². The Labute approximate surface area is 135 Å². The van der Waals surface area contributed by atoms with Gasteiger partial charge in [-0.3, -0.25) is 0 Å². The molecular formula is C14H19Cl2NO3S. The van der Waals surface area contributed by atoms with Crippen molar-refractivity contribution in [3.63, 3.8) is 0 Å². The number of hydrogen-bond donors (Lipinski definition) is 2. The molecule has 0 spiro atoms. The number of aliphatic hydroxyl groups excluding tert-OH is 1. The molecule has 4 nitrogen and oxygen atoms in total. The van der Waals surface area contributed by atoms with E-state index in [1.807, 2.05) is 0 Å². The van der Waals surface area contributed by atoms with Gasteiger partial charge < -0.3 is 10.8 Å². The van der Waals surface area contributed by atoms with Crippen molar-refractivity contribution in [2.45, 2.75) is 36.5 Å². The van der Waals surface area contributed by atoms with E-state index in [1.54, 1.807) is 18.2 Å². The van der Waals surface area contributed by atoms with Crippen molar-refractivity contribution in [3.8, 4) is 0 Å². The molecule has 3 N–H and O–H groups in total. The van der Waals surface area contributed by atoms with Gasteiger partial charge in [0.05, 0.1) is 27.2 Å². The number of benzene rings is 1. The fourth-order valence-corrected chi connectivity index (χ4v) is 5.19. The molecule has 1 aliphatic heterocycles. The molecule has 1 saturated heterocycles. The Morgan fingerprint density at radius 3 is 2.57 bits per heavy atom. The molecule has 1 aromatic rings. The molecule has 0 bridgehead atoms. The molecule has 0 saturated carbocycles. The minimum Gasteiger partial charge on any atom is -0.391 e. The monoisotopic (exact) mass is 351 g/mol. The van der Waals surface area contributed by atoms with Crippen molar-refractivity contribution in [1.82, 2.24) is 0 Å². The first-order valence-corrected chi connectivity index (χ1v) is 9.38. The van der Waals surface area contributed by atoms with Crippen molar-refractivity contribution < 1.29 is 13.5 Å². The van der Waals surface area contributed by atoms with Gasteiger partial charge in [0, 0.05) is 12.5 Å². The van der Waals surface area contributed by atoms with Crippen LogP contribution in [0.5, 0.6) is 0 Å². The standard InChI is InChI=1S/C14H19Cl2NO3S/c15-11-5-4-9(7-12(11)16)10(8-17)14(18)13-3-1-2-6-21(13,19)20/h4-5,7,10,13-14,18H,1-3,6,8,17H2. The lowest BCUT2D eigenvalue weighted by Crippen LogP contribution is -2.43. The highest BCUT2D eigenvalue weighted by Gasteiger charge is 2.38. The summed E-state index contributed by atoms with van der Waals surface area (Å²) in [5.74, 6) is -0.342. The van der Waals surface area contributed by atoms with Gasteiger partial charge >= 0.3 is 0 Å². The zero-order chi connectivity index (χ0) is 15.6. The van der Waals surface area contributed by atoms with Crippen LogP contribution < -0.4 is 5.73 Å². The van der Waals surface area contributed by atoms with Crippen LogP contribution in [0.4, 0.5) is 0 Å². The Morgan fingerprint density at radius 1 is 1.29 bits per heavy atom. The number of nitrogens with two attached hydrogens (primary N) is 1. The summed E-state index contributed by atoms with van der Waals surface area (Å²) in [6.07, 6.45) is 0.907. The lowest BCUT2D eigenvalue weighted by Gasteiger charge is -2.31. The van der Waals surface area contributed by atoms with Crippen LogP contribution in [-0.2, 0) is 9.84 Å². The van der Waals surface area contributed by atoms with Crippen molar-refractivity contribution in [2.24, 2.45) is 5.73 Å². The third-order valence-electron chi connectivity index (χ3n) is 4.05. The Balaban J connectivity index is 2.29. The quantitative estimate of drug-likeness (QED) is 0.872. The van der Waals surface area contributed by atoms with Gasteiger partial charge in [-0.25, -0.2) is 8.42 Å². The van der Waals surface area contributed by atoms with Crippen LogP contribution in [-0.4, -0.2) is 37.2 Å². The van der Waals surface area contributed by atoms with Crippen LogP contribution in [0.2, 0.25) is 10.0 Å². The van der Waals surface area contributed by atoms with Gasteiger partial charge in [-0.15, -0.1) is 0 Å². The second-order valence-corrected chi connectivity index (χ2v) is 8.56. The molecule has 0 amide bonds. The van der Waals surface area contributed by atoms with Gasteiger partial charge in [-0.1, -0.05) is 35.7 Å². The SMILES string of the molecule is NCC(c1ccc(Cl)c(Cl)c1)C(O)C1CCCCS1(=O)=O. The van der Waals surface area contributed by atoms with E-state index >= 15 is 0 Å². The predicted molar refractivity (Wildman–Crippen MR) is 85.7 cm³/mol. The van der Waals surface area contributed by atoms with Crippen molar-refractivity contribution in [2.75, 3.05) is 12.3 Å². The average Bonchev–Trinajstić information content (AvgIpc) is 2.43. The van der Waals surface area contributed by atoms with Gasteiger partial charge in [0.1, 0.15) is 0 Å². The minimum absolute atomic E-state index is 0.132. The summed E-state index contributed by atoms with van der Waals surface area (Å²) in [5, 5.41) is 10.6. The largest absolute Gasteiger partial charge is 0.391 e. The Bertz CT molecular complexity index is 606. The zero-order valence-electron chi connectivity index (χ0n) is 11.5. The molecule has 118 valence electrons. The molecule has 21 heavy (non-hydrogen) atoms. The van der Waals surface area contributed by atoms with Crippen molar-refractivity contribution >= 4 is 33.0 Å². The maximum absolute atomic E-state index is 12.1. The second kappa shape index (κ2) is 6.84. The Kier molecular flexibility index (Phi) is 5.54. The van der Waals surface area contributed by atoms with E-state index in [1.165, 1.54) is 0 Å². The summed E-state index contributed by atoms with van der Waals surface area (Å²) in [4.78, 5) is 0. The zero-order valence-corrected chi connectivity index (χ0v) is 13.8. The summed E-state index contributed by atoms with van der Waals surface area (Å²) in [5.41, 5.74) is 6.47. The number of halogens is 2. The number of hydrogen-bond acceptors (Lipinski definition) is 4. The van der Waals surface area contributed by atoms with Crippen LogP contribution in [0.25, 0.3) is 0 Å². The normalized spacial score (nSPS) is 24.5. The van der Waals surface area contributed by atoms with Crippen LogP contribution in [0.1, 0.15) is 30.7 Å². The first-order chi connectivity index (χ1) is 9.86. The second-order valence-electron chi connectivity index (χ2n) is 5.41. The molecule has 0 aromatic heterocycles. The molecule has 0 radical (unpaired) electrons. The molecular weight excluding hydrogens is 333 g/mol. The molecule has 0 aliphatic carbocycles. The third kappa shape index (κ3) is 3.71. The molecule has 1 aliphatic rings. The van der Waals surface area contributed by atoms with Crippen LogP contribution in [0, 0.1) is 0 Å². The van der Waals surface area contributed by atoms with E-state index in [0.29, 0.717) is 28.5 Å². The predicted octanol–water partition coefficient (Wildman–Crippen LogP) is 2.36. The highest BCUT2D eigenvalue weighted by molar-refractivity contribution is 7.92. The van der Waals surface area contributed by atoms with Gasteiger partial charge in [-0.05, 0) is 30.5 Å². The van der Waals surface area contributed by atoms with E-state index in [9.17, 15) is 13.5 Å². The maximum atomic E-state index is 12.1. The fourth-order valence-electron chi connectivity index (χ4n) is 2.84. The Hall–Kier alpha value is -0.330. The van der Waals surface area contributed by atoms with Crippen LogP contribution >= 0.6 is 23.2 Å². The van der Waals surface area contributed by atoms with Gasteiger partial charge in [0.15, 0.2) is 9.84 Å². The number of sulfone groups is 1. The molecule has 1 fully saturated rings. The first-order valence-electron chi connectivity index (χ1n) is 6.91. The molecule has 7 heteroatoms. The lowest BCUT2D eigenvalue weighted by molar-refractivity contribution is 0.133. The smallest absolute Gasteiger partial charge is 0.155 e. The molecule has 3 atom stereocenters. The van der Waals surface area contributed by atoms with Gasteiger partial charge in [0.25, 0.3) is 0 Å². The number of rotatable bonds is 4. The third-order valence-corrected chi connectivity index (χ3v) is 7.08. The number of aliphatic hydroxyl groups is 1. The van der Waals surface area contributed by atoms with Crippen LogP contribution in [0.15, 0.2) is 18.2 Å². The van der Waals surface area contributed by atoms with E-state index in [4.69, 9.17) is 28.9 Å². The van der Waals surface area contributed by atoms with E-state index in [2.05, 4.69) is 0 Å². The summed E-state index contributed by atoms with van der Waals surface area (Å²) < 4.78 is 24.3. The van der Waals surface area contributed by atoms with Crippen LogP contribution in [0.3, 0.4) is 0 Å².